The molecule has 3 heteroatoms. The van der Waals surface area contributed by atoms with E-state index in [2.05, 4.69) is 29.5 Å². The Morgan fingerprint density at radius 2 is 2.27 bits per heavy atom. The van der Waals surface area contributed by atoms with Gasteiger partial charge in [0.2, 0.25) is 0 Å². The van der Waals surface area contributed by atoms with Crippen molar-refractivity contribution < 1.29 is 9.53 Å². The molecule has 1 saturated carbocycles. The second kappa shape index (κ2) is 4.60. The summed E-state index contributed by atoms with van der Waals surface area (Å²) in [5.74, 6) is 0.862. The van der Waals surface area contributed by atoms with Crippen LogP contribution in [-0.4, -0.2) is 16.5 Å². The van der Waals surface area contributed by atoms with Gasteiger partial charge in [-0.2, -0.15) is 0 Å². The van der Waals surface area contributed by atoms with Crippen molar-refractivity contribution in [2.24, 2.45) is 11.3 Å². The molecule has 1 saturated heterocycles. The van der Waals surface area contributed by atoms with Crippen molar-refractivity contribution in [2.75, 3.05) is 4.43 Å². The molecule has 0 radical (unpaired) electrons. The van der Waals surface area contributed by atoms with Crippen LogP contribution in [0.15, 0.2) is 0 Å². The van der Waals surface area contributed by atoms with Gasteiger partial charge in [0, 0.05) is 9.84 Å². The van der Waals surface area contributed by atoms with E-state index >= 15 is 0 Å². The van der Waals surface area contributed by atoms with Gasteiger partial charge in [-0.15, -0.1) is 0 Å². The molecule has 0 aromatic heterocycles. The summed E-state index contributed by atoms with van der Waals surface area (Å²) in [5, 5.41) is 0. The normalized spacial score (nSPS) is 41.6. The SMILES string of the molecule is CC1CCCC2(CC1)CC(=O)OC2CI. The van der Waals surface area contributed by atoms with Crippen molar-refractivity contribution in [3.63, 3.8) is 0 Å². The minimum absolute atomic E-state index is 0.0335. The molecule has 1 spiro atoms. The quantitative estimate of drug-likeness (QED) is 0.420. The summed E-state index contributed by atoms with van der Waals surface area (Å²) in [6, 6.07) is 0. The maximum Gasteiger partial charge on any atom is 0.306 e. The van der Waals surface area contributed by atoms with Crippen LogP contribution in [0.1, 0.15) is 45.4 Å². The average Bonchev–Trinajstić information content (AvgIpc) is 2.40. The van der Waals surface area contributed by atoms with Crippen molar-refractivity contribution in [1.82, 2.24) is 0 Å². The number of hydrogen-bond donors (Lipinski definition) is 0. The number of ether oxygens (including phenoxy) is 1. The first-order chi connectivity index (χ1) is 7.16. The van der Waals surface area contributed by atoms with Crippen molar-refractivity contribution in [2.45, 2.75) is 51.6 Å². The van der Waals surface area contributed by atoms with E-state index in [1.807, 2.05) is 0 Å². The van der Waals surface area contributed by atoms with Crippen LogP contribution in [0, 0.1) is 11.3 Å². The molecule has 1 heterocycles. The van der Waals surface area contributed by atoms with Crippen LogP contribution in [-0.2, 0) is 9.53 Å². The van der Waals surface area contributed by atoms with Crippen LogP contribution in [0.4, 0.5) is 0 Å². The Labute approximate surface area is 105 Å². The van der Waals surface area contributed by atoms with Gasteiger partial charge < -0.3 is 4.74 Å². The third kappa shape index (κ3) is 2.32. The standard InChI is InChI=1S/C12H19IO2/c1-9-3-2-5-12(6-4-9)7-11(14)15-10(12)8-13/h9-10H,2-8H2,1H3. The van der Waals surface area contributed by atoms with Gasteiger partial charge in [-0.3, -0.25) is 4.79 Å². The van der Waals surface area contributed by atoms with E-state index in [9.17, 15) is 4.79 Å². The molecule has 2 nitrogen and oxygen atoms in total. The number of hydrogen-bond acceptors (Lipinski definition) is 2. The van der Waals surface area contributed by atoms with Crippen molar-refractivity contribution in [1.29, 1.82) is 0 Å². The van der Waals surface area contributed by atoms with E-state index in [1.165, 1.54) is 32.1 Å². The predicted octanol–water partition coefficient (Wildman–Crippen LogP) is 3.32. The summed E-state index contributed by atoms with van der Waals surface area (Å²) in [5.41, 5.74) is 0.197. The first-order valence-corrected chi connectivity index (χ1v) is 7.44. The lowest BCUT2D eigenvalue weighted by Gasteiger charge is -2.30. The monoisotopic (exact) mass is 322 g/mol. The Bertz CT molecular complexity index is 254. The molecule has 15 heavy (non-hydrogen) atoms. The first kappa shape index (κ1) is 11.7. The van der Waals surface area contributed by atoms with E-state index in [1.54, 1.807) is 0 Å². The minimum atomic E-state index is 0.0335. The second-order valence-electron chi connectivity index (χ2n) is 5.21. The Kier molecular flexibility index (Phi) is 3.58. The second-order valence-corrected chi connectivity index (χ2v) is 6.09. The third-order valence-corrected chi connectivity index (χ3v) is 4.90. The molecule has 0 bridgehead atoms. The fourth-order valence-corrected chi connectivity index (χ4v) is 4.14. The highest BCUT2D eigenvalue weighted by molar-refractivity contribution is 14.1. The zero-order valence-corrected chi connectivity index (χ0v) is 11.5. The number of esters is 1. The summed E-state index contributed by atoms with van der Waals surface area (Å²) in [7, 11) is 0. The Morgan fingerprint density at radius 1 is 1.47 bits per heavy atom. The van der Waals surface area contributed by atoms with Gasteiger partial charge in [0.1, 0.15) is 6.10 Å². The minimum Gasteiger partial charge on any atom is -0.461 e. The molecule has 0 N–H and O–H groups in total. The zero-order chi connectivity index (χ0) is 10.9. The fraction of sp³-hybridized carbons (Fsp3) is 0.917. The summed E-state index contributed by atoms with van der Waals surface area (Å²) in [6.07, 6.45) is 7.10. The maximum absolute atomic E-state index is 11.5. The molecular formula is C12H19IO2. The highest BCUT2D eigenvalue weighted by Gasteiger charge is 2.48. The van der Waals surface area contributed by atoms with Crippen molar-refractivity contribution in [3.8, 4) is 0 Å². The summed E-state index contributed by atoms with van der Waals surface area (Å²) in [4.78, 5) is 11.5. The number of carbonyl (C=O) groups excluding carboxylic acids is 1. The zero-order valence-electron chi connectivity index (χ0n) is 9.30. The van der Waals surface area contributed by atoms with Crippen LogP contribution in [0.2, 0.25) is 0 Å². The predicted molar refractivity (Wildman–Crippen MR) is 68.1 cm³/mol. The van der Waals surface area contributed by atoms with Crippen LogP contribution < -0.4 is 0 Å². The van der Waals surface area contributed by atoms with Gasteiger partial charge in [-0.05, 0) is 18.8 Å². The highest BCUT2D eigenvalue weighted by atomic mass is 127. The molecular weight excluding hydrogens is 303 g/mol. The topological polar surface area (TPSA) is 26.3 Å². The van der Waals surface area contributed by atoms with E-state index in [-0.39, 0.29) is 17.5 Å². The molecule has 2 rings (SSSR count). The highest BCUT2D eigenvalue weighted by Crippen LogP contribution is 2.48. The Morgan fingerprint density at radius 3 is 3.00 bits per heavy atom. The number of rotatable bonds is 1. The lowest BCUT2D eigenvalue weighted by atomic mass is 9.75. The fourth-order valence-electron chi connectivity index (χ4n) is 3.03. The molecule has 3 atom stereocenters. The lowest BCUT2D eigenvalue weighted by Crippen LogP contribution is -2.31. The molecule has 0 aromatic carbocycles. The first-order valence-electron chi connectivity index (χ1n) is 5.92. The lowest BCUT2D eigenvalue weighted by molar-refractivity contribution is -0.140. The van der Waals surface area contributed by atoms with Gasteiger partial charge in [-0.25, -0.2) is 0 Å². The Hall–Kier alpha value is 0.200. The largest absolute Gasteiger partial charge is 0.461 e. The molecule has 1 aliphatic carbocycles. The van der Waals surface area contributed by atoms with Gasteiger partial charge in [0.05, 0.1) is 6.42 Å². The van der Waals surface area contributed by atoms with Gasteiger partial charge in [-0.1, -0.05) is 48.8 Å². The molecule has 0 aromatic rings. The van der Waals surface area contributed by atoms with E-state index < -0.39 is 0 Å². The molecule has 2 fully saturated rings. The van der Waals surface area contributed by atoms with Crippen LogP contribution in [0.3, 0.4) is 0 Å². The summed E-state index contributed by atoms with van der Waals surface area (Å²) < 4.78 is 6.40. The van der Waals surface area contributed by atoms with Crippen molar-refractivity contribution in [3.05, 3.63) is 0 Å². The average molecular weight is 322 g/mol. The number of cyclic esters (lactones) is 1. The third-order valence-electron chi connectivity index (χ3n) is 4.10. The molecule has 86 valence electrons. The number of carbonyl (C=O) groups is 1. The van der Waals surface area contributed by atoms with E-state index in [0.29, 0.717) is 6.42 Å². The molecule has 0 amide bonds. The van der Waals surface area contributed by atoms with Gasteiger partial charge in [0.25, 0.3) is 0 Å². The summed E-state index contributed by atoms with van der Waals surface area (Å²) in [6.45, 7) is 2.33. The smallest absolute Gasteiger partial charge is 0.306 e. The number of halogens is 1. The van der Waals surface area contributed by atoms with Crippen LogP contribution in [0.25, 0.3) is 0 Å². The molecule has 1 aliphatic heterocycles. The van der Waals surface area contributed by atoms with Crippen LogP contribution in [0.5, 0.6) is 0 Å². The van der Waals surface area contributed by atoms with Crippen molar-refractivity contribution >= 4 is 28.6 Å². The maximum atomic E-state index is 11.5. The number of alkyl halides is 1. The van der Waals surface area contributed by atoms with E-state index in [4.69, 9.17) is 4.74 Å². The van der Waals surface area contributed by atoms with E-state index in [0.717, 1.165) is 10.3 Å². The van der Waals surface area contributed by atoms with Gasteiger partial charge in [0.15, 0.2) is 0 Å². The van der Waals surface area contributed by atoms with Gasteiger partial charge >= 0.3 is 5.97 Å². The molecule has 3 unspecified atom stereocenters. The van der Waals surface area contributed by atoms with Crippen LogP contribution >= 0.6 is 22.6 Å². The summed E-state index contributed by atoms with van der Waals surface area (Å²) >= 11 is 2.35. The Balaban J connectivity index is 2.13. The molecule has 2 aliphatic rings.